The van der Waals surface area contributed by atoms with Gasteiger partial charge in [-0.2, -0.15) is 0 Å². The molecular weight excluding hydrogens is 188 g/mol. The van der Waals surface area contributed by atoms with Crippen LogP contribution in [0.15, 0.2) is 12.1 Å². The zero-order valence-electron chi connectivity index (χ0n) is 10.3. The van der Waals surface area contributed by atoms with Crippen molar-refractivity contribution in [2.24, 2.45) is 5.92 Å². The Morgan fingerprint density at radius 1 is 1.13 bits per heavy atom. The molecule has 0 amide bonds. The van der Waals surface area contributed by atoms with E-state index in [-0.39, 0.29) is 0 Å². The van der Waals surface area contributed by atoms with E-state index >= 15 is 0 Å². The second-order valence-electron chi connectivity index (χ2n) is 4.22. The normalized spacial score (nSPS) is 10.5. The Balaban J connectivity index is 3.12. The zero-order valence-corrected chi connectivity index (χ0v) is 10.3. The van der Waals surface area contributed by atoms with Crippen molar-refractivity contribution < 1.29 is 9.47 Å². The molecule has 0 unspecified atom stereocenters. The SMILES string of the molecule is COc1cc(C)c(CC(C)C)c(OC)c1. The first-order valence-electron chi connectivity index (χ1n) is 5.30. The van der Waals surface area contributed by atoms with Gasteiger partial charge >= 0.3 is 0 Å². The summed E-state index contributed by atoms with van der Waals surface area (Å²) in [5.74, 6) is 2.42. The Morgan fingerprint density at radius 2 is 1.80 bits per heavy atom. The molecule has 2 heteroatoms. The van der Waals surface area contributed by atoms with Gasteiger partial charge in [-0.3, -0.25) is 0 Å². The van der Waals surface area contributed by atoms with Crippen LogP contribution in [0.3, 0.4) is 0 Å². The topological polar surface area (TPSA) is 18.5 Å². The summed E-state index contributed by atoms with van der Waals surface area (Å²) in [7, 11) is 3.38. The van der Waals surface area contributed by atoms with Gasteiger partial charge in [0.15, 0.2) is 0 Å². The number of hydrogen-bond donors (Lipinski definition) is 0. The predicted octanol–water partition coefficient (Wildman–Crippen LogP) is 3.21. The van der Waals surface area contributed by atoms with E-state index in [4.69, 9.17) is 9.47 Å². The van der Waals surface area contributed by atoms with Crippen LogP contribution in [0.5, 0.6) is 11.5 Å². The third-order valence-electron chi connectivity index (χ3n) is 2.47. The average molecular weight is 208 g/mol. The minimum atomic E-state index is 0.631. The fourth-order valence-corrected chi connectivity index (χ4v) is 1.72. The van der Waals surface area contributed by atoms with Crippen molar-refractivity contribution in [2.75, 3.05) is 14.2 Å². The molecule has 1 aromatic carbocycles. The quantitative estimate of drug-likeness (QED) is 0.756. The fraction of sp³-hybridized carbons (Fsp3) is 0.538. The van der Waals surface area contributed by atoms with Gasteiger partial charge in [-0.1, -0.05) is 13.8 Å². The molecule has 1 aromatic rings. The molecule has 1 rings (SSSR count). The second kappa shape index (κ2) is 5.06. The highest BCUT2D eigenvalue weighted by molar-refractivity contribution is 5.46. The molecule has 0 spiro atoms. The van der Waals surface area contributed by atoms with Crippen LogP contribution in [0.1, 0.15) is 25.0 Å². The van der Waals surface area contributed by atoms with Crippen LogP contribution in [0, 0.1) is 12.8 Å². The number of hydrogen-bond acceptors (Lipinski definition) is 2. The Morgan fingerprint density at radius 3 is 2.27 bits per heavy atom. The number of methoxy groups -OCH3 is 2. The third-order valence-corrected chi connectivity index (χ3v) is 2.47. The monoisotopic (exact) mass is 208 g/mol. The summed E-state index contributed by atoms with van der Waals surface area (Å²) in [5.41, 5.74) is 2.52. The highest BCUT2D eigenvalue weighted by atomic mass is 16.5. The Bertz CT molecular complexity index is 330. The molecule has 15 heavy (non-hydrogen) atoms. The lowest BCUT2D eigenvalue weighted by Gasteiger charge is -2.15. The summed E-state index contributed by atoms with van der Waals surface area (Å²) >= 11 is 0. The van der Waals surface area contributed by atoms with Crippen molar-refractivity contribution in [3.63, 3.8) is 0 Å². The summed E-state index contributed by atoms with van der Waals surface area (Å²) in [6.07, 6.45) is 1.04. The van der Waals surface area contributed by atoms with Crippen LogP contribution in [0.25, 0.3) is 0 Å². The van der Waals surface area contributed by atoms with Gasteiger partial charge in [0.25, 0.3) is 0 Å². The van der Waals surface area contributed by atoms with Crippen molar-refractivity contribution in [1.82, 2.24) is 0 Å². The second-order valence-corrected chi connectivity index (χ2v) is 4.22. The Hall–Kier alpha value is -1.18. The molecule has 0 saturated carbocycles. The van der Waals surface area contributed by atoms with E-state index in [1.807, 2.05) is 6.07 Å². The van der Waals surface area contributed by atoms with Crippen LogP contribution < -0.4 is 9.47 Å². The Kier molecular flexibility index (Phi) is 4.01. The lowest BCUT2D eigenvalue weighted by atomic mass is 9.97. The average Bonchev–Trinajstić information content (AvgIpc) is 2.20. The van der Waals surface area contributed by atoms with Crippen molar-refractivity contribution in [3.05, 3.63) is 23.3 Å². The molecule has 0 aliphatic carbocycles. The van der Waals surface area contributed by atoms with Crippen LogP contribution >= 0.6 is 0 Å². The summed E-state index contributed by atoms with van der Waals surface area (Å²) in [6, 6.07) is 4.00. The van der Waals surface area contributed by atoms with E-state index in [0.717, 1.165) is 17.9 Å². The van der Waals surface area contributed by atoms with E-state index in [2.05, 4.69) is 26.8 Å². The number of rotatable bonds is 4. The number of benzene rings is 1. The maximum absolute atomic E-state index is 5.39. The molecular formula is C13H20O2. The molecule has 0 atom stereocenters. The van der Waals surface area contributed by atoms with Crippen LogP contribution in [0.2, 0.25) is 0 Å². The maximum Gasteiger partial charge on any atom is 0.126 e. The van der Waals surface area contributed by atoms with E-state index in [1.54, 1.807) is 14.2 Å². The molecule has 0 aliphatic heterocycles. The first-order valence-corrected chi connectivity index (χ1v) is 5.30. The Labute approximate surface area is 92.2 Å². The molecule has 0 N–H and O–H groups in total. The summed E-state index contributed by atoms with van der Waals surface area (Å²) in [6.45, 7) is 6.52. The smallest absolute Gasteiger partial charge is 0.126 e. The number of ether oxygens (including phenoxy) is 2. The fourth-order valence-electron chi connectivity index (χ4n) is 1.72. The van der Waals surface area contributed by atoms with Gasteiger partial charge < -0.3 is 9.47 Å². The molecule has 0 radical (unpaired) electrons. The molecule has 84 valence electrons. The van der Waals surface area contributed by atoms with Gasteiger partial charge in [-0.05, 0) is 36.5 Å². The van der Waals surface area contributed by atoms with Gasteiger partial charge in [-0.15, -0.1) is 0 Å². The van der Waals surface area contributed by atoms with Crippen molar-refractivity contribution >= 4 is 0 Å². The van der Waals surface area contributed by atoms with E-state index in [1.165, 1.54) is 11.1 Å². The largest absolute Gasteiger partial charge is 0.497 e. The summed E-state index contributed by atoms with van der Waals surface area (Å²) in [4.78, 5) is 0. The van der Waals surface area contributed by atoms with Crippen LogP contribution in [-0.2, 0) is 6.42 Å². The first kappa shape index (κ1) is 11.9. The molecule has 0 aromatic heterocycles. The molecule has 0 bridgehead atoms. The minimum absolute atomic E-state index is 0.631. The first-order chi connectivity index (χ1) is 7.08. The van der Waals surface area contributed by atoms with Gasteiger partial charge in [-0.25, -0.2) is 0 Å². The molecule has 0 fully saturated rings. The van der Waals surface area contributed by atoms with Crippen molar-refractivity contribution in [2.45, 2.75) is 27.2 Å². The van der Waals surface area contributed by atoms with E-state index in [0.29, 0.717) is 5.92 Å². The summed E-state index contributed by atoms with van der Waals surface area (Å²) < 4.78 is 10.6. The summed E-state index contributed by atoms with van der Waals surface area (Å²) in [5, 5.41) is 0. The van der Waals surface area contributed by atoms with E-state index in [9.17, 15) is 0 Å². The lowest BCUT2D eigenvalue weighted by molar-refractivity contribution is 0.388. The maximum atomic E-state index is 5.39. The standard InChI is InChI=1S/C13H20O2/c1-9(2)6-12-10(3)7-11(14-4)8-13(12)15-5/h7-9H,6H2,1-5H3. The van der Waals surface area contributed by atoms with Crippen molar-refractivity contribution in [3.8, 4) is 11.5 Å². The van der Waals surface area contributed by atoms with Gasteiger partial charge in [0.1, 0.15) is 11.5 Å². The molecule has 0 heterocycles. The highest BCUT2D eigenvalue weighted by Crippen LogP contribution is 2.30. The molecule has 0 saturated heterocycles. The zero-order chi connectivity index (χ0) is 11.4. The predicted molar refractivity (Wildman–Crippen MR) is 62.8 cm³/mol. The lowest BCUT2D eigenvalue weighted by Crippen LogP contribution is -2.01. The van der Waals surface area contributed by atoms with Gasteiger partial charge in [0, 0.05) is 6.07 Å². The van der Waals surface area contributed by atoms with Gasteiger partial charge in [0.2, 0.25) is 0 Å². The third kappa shape index (κ3) is 2.88. The minimum Gasteiger partial charge on any atom is -0.497 e. The van der Waals surface area contributed by atoms with Crippen molar-refractivity contribution in [1.29, 1.82) is 0 Å². The van der Waals surface area contributed by atoms with E-state index < -0.39 is 0 Å². The van der Waals surface area contributed by atoms with Crippen LogP contribution in [0.4, 0.5) is 0 Å². The molecule has 2 nitrogen and oxygen atoms in total. The number of aryl methyl sites for hydroxylation is 1. The van der Waals surface area contributed by atoms with Gasteiger partial charge in [0.05, 0.1) is 14.2 Å². The molecule has 0 aliphatic rings. The van der Waals surface area contributed by atoms with Crippen LogP contribution in [-0.4, -0.2) is 14.2 Å². The highest BCUT2D eigenvalue weighted by Gasteiger charge is 2.10.